The molecular weight excluding hydrogens is 290 g/mol. The molecule has 0 atom stereocenters. The summed E-state index contributed by atoms with van der Waals surface area (Å²) in [4.78, 5) is 12.7. The summed E-state index contributed by atoms with van der Waals surface area (Å²) in [6.07, 6.45) is 0. The standard InChI is InChI=1S/C14H8ClN5O/c15-9-5-7-10(8-6-9)19-13(21)11-3-1-2-4-12(11)20-14(19)16-17-18-20/h1-8H. The Kier molecular flexibility index (Phi) is 2.52. The summed E-state index contributed by atoms with van der Waals surface area (Å²) in [5.74, 6) is 0.362. The molecule has 0 radical (unpaired) electrons. The molecule has 0 amide bonds. The molecule has 4 aromatic rings. The molecule has 0 aliphatic rings. The monoisotopic (exact) mass is 297 g/mol. The van der Waals surface area contributed by atoms with Crippen molar-refractivity contribution in [3.63, 3.8) is 0 Å². The summed E-state index contributed by atoms with van der Waals surface area (Å²) in [7, 11) is 0. The van der Waals surface area contributed by atoms with Crippen molar-refractivity contribution < 1.29 is 0 Å². The van der Waals surface area contributed by atoms with Crippen LogP contribution in [0.2, 0.25) is 5.02 Å². The third-order valence-electron chi connectivity index (χ3n) is 3.30. The largest absolute Gasteiger partial charge is 0.268 e. The van der Waals surface area contributed by atoms with E-state index in [4.69, 9.17) is 11.6 Å². The summed E-state index contributed by atoms with van der Waals surface area (Å²) in [5.41, 5.74) is 1.16. The highest BCUT2D eigenvalue weighted by molar-refractivity contribution is 6.30. The maximum atomic E-state index is 12.7. The zero-order valence-corrected chi connectivity index (χ0v) is 11.4. The molecule has 102 valence electrons. The molecule has 0 aliphatic carbocycles. The first kappa shape index (κ1) is 12.0. The maximum Gasteiger partial charge on any atom is 0.267 e. The van der Waals surface area contributed by atoms with Crippen molar-refractivity contribution in [3.05, 3.63) is 63.9 Å². The lowest BCUT2D eigenvalue weighted by Gasteiger charge is -2.08. The Morgan fingerprint density at radius 3 is 2.57 bits per heavy atom. The first-order valence-corrected chi connectivity index (χ1v) is 6.61. The molecule has 0 spiro atoms. The van der Waals surface area contributed by atoms with Crippen LogP contribution in [-0.2, 0) is 0 Å². The van der Waals surface area contributed by atoms with Crippen LogP contribution in [0.25, 0.3) is 22.4 Å². The molecule has 0 bridgehead atoms. The molecule has 2 heterocycles. The lowest BCUT2D eigenvalue weighted by molar-refractivity contribution is 0.836. The van der Waals surface area contributed by atoms with Crippen LogP contribution in [-0.4, -0.2) is 24.6 Å². The fraction of sp³-hybridized carbons (Fsp3) is 0. The first-order valence-electron chi connectivity index (χ1n) is 6.23. The van der Waals surface area contributed by atoms with Gasteiger partial charge in [0, 0.05) is 5.02 Å². The van der Waals surface area contributed by atoms with Crippen molar-refractivity contribution >= 4 is 28.3 Å². The highest BCUT2D eigenvalue weighted by Crippen LogP contribution is 2.16. The Morgan fingerprint density at radius 2 is 1.76 bits per heavy atom. The Balaban J connectivity index is 2.21. The second kappa shape index (κ2) is 4.39. The van der Waals surface area contributed by atoms with Gasteiger partial charge in [-0.3, -0.25) is 4.79 Å². The van der Waals surface area contributed by atoms with E-state index in [-0.39, 0.29) is 5.56 Å². The number of halogens is 1. The van der Waals surface area contributed by atoms with E-state index < -0.39 is 0 Å². The van der Waals surface area contributed by atoms with Crippen molar-refractivity contribution in [1.29, 1.82) is 0 Å². The summed E-state index contributed by atoms with van der Waals surface area (Å²) in [5, 5.41) is 12.7. The van der Waals surface area contributed by atoms with E-state index in [0.29, 0.717) is 27.4 Å². The van der Waals surface area contributed by atoms with E-state index >= 15 is 0 Å². The van der Waals surface area contributed by atoms with Gasteiger partial charge in [0.05, 0.1) is 16.6 Å². The Labute approximate surface area is 123 Å². The summed E-state index contributed by atoms with van der Waals surface area (Å²) < 4.78 is 3.02. The minimum atomic E-state index is -0.171. The third-order valence-corrected chi connectivity index (χ3v) is 3.56. The van der Waals surface area contributed by atoms with Gasteiger partial charge in [0.2, 0.25) is 0 Å². The maximum absolute atomic E-state index is 12.7. The molecule has 2 aromatic carbocycles. The van der Waals surface area contributed by atoms with Gasteiger partial charge in [0.25, 0.3) is 11.3 Å². The van der Waals surface area contributed by atoms with E-state index in [2.05, 4.69) is 15.5 Å². The topological polar surface area (TPSA) is 65.1 Å². The minimum Gasteiger partial charge on any atom is -0.268 e. The molecule has 0 fully saturated rings. The predicted octanol–water partition coefficient (Wildman–Crippen LogP) is 2.08. The zero-order valence-electron chi connectivity index (χ0n) is 10.6. The van der Waals surface area contributed by atoms with Crippen LogP contribution in [0.3, 0.4) is 0 Å². The van der Waals surface area contributed by atoms with Crippen molar-refractivity contribution in [2.45, 2.75) is 0 Å². The SMILES string of the molecule is O=c1c2ccccc2n2nnnc2n1-c1ccc(Cl)cc1. The molecule has 0 N–H and O–H groups in total. The Hall–Kier alpha value is -2.73. The predicted molar refractivity (Wildman–Crippen MR) is 78.9 cm³/mol. The van der Waals surface area contributed by atoms with Crippen LogP contribution in [0.1, 0.15) is 0 Å². The second-order valence-electron chi connectivity index (χ2n) is 4.52. The average Bonchev–Trinajstić information content (AvgIpc) is 2.99. The minimum absolute atomic E-state index is 0.171. The normalized spacial score (nSPS) is 11.3. The van der Waals surface area contributed by atoms with E-state index in [1.165, 1.54) is 4.57 Å². The molecule has 0 saturated carbocycles. The highest BCUT2D eigenvalue weighted by atomic mass is 35.5. The number of hydrogen-bond donors (Lipinski definition) is 0. The molecular formula is C14H8ClN5O. The lowest BCUT2D eigenvalue weighted by Crippen LogP contribution is -2.21. The Morgan fingerprint density at radius 1 is 1.00 bits per heavy atom. The zero-order chi connectivity index (χ0) is 14.4. The van der Waals surface area contributed by atoms with Gasteiger partial charge in [-0.2, -0.15) is 4.52 Å². The number of nitrogens with zero attached hydrogens (tertiary/aromatic N) is 5. The number of aromatic nitrogens is 5. The van der Waals surface area contributed by atoms with Gasteiger partial charge in [-0.05, 0) is 46.8 Å². The van der Waals surface area contributed by atoms with Crippen molar-refractivity contribution in [2.75, 3.05) is 0 Å². The van der Waals surface area contributed by atoms with Gasteiger partial charge < -0.3 is 0 Å². The molecule has 21 heavy (non-hydrogen) atoms. The number of hydrogen-bond acceptors (Lipinski definition) is 4. The van der Waals surface area contributed by atoms with E-state index in [1.54, 1.807) is 34.8 Å². The van der Waals surface area contributed by atoms with Crippen LogP contribution in [0.5, 0.6) is 0 Å². The van der Waals surface area contributed by atoms with Crippen LogP contribution in [0.15, 0.2) is 53.3 Å². The smallest absolute Gasteiger partial charge is 0.267 e. The quantitative estimate of drug-likeness (QED) is 0.539. The third kappa shape index (κ3) is 1.73. The van der Waals surface area contributed by atoms with Gasteiger partial charge in [-0.15, -0.1) is 0 Å². The molecule has 0 aliphatic heterocycles. The van der Waals surface area contributed by atoms with Gasteiger partial charge in [-0.25, -0.2) is 4.57 Å². The van der Waals surface area contributed by atoms with Crippen LogP contribution in [0, 0.1) is 0 Å². The van der Waals surface area contributed by atoms with Gasteiger partial charge >= 0.3 is 0 Å². The molecule has 0 unspecified atom stereocenters. The summed E-state index contributed by atoms with van der Waals surface area (Å²) >= 11 is 5.90. The lowest BCUT2D eigenvalue weighted by atomic mass is 10.2. The number of rotatable bonds is 1. The van der Waals surface area contributed by atoms with Crippen LogP contribution < -0.4 is 5.56 Å². The number of para-hydroxylation sites is 1. The molecule has 2 aromatic heterocycles. The van der Waals surface area contributed by atoms with Crippen molar-refractivity contribution in [2.24, 2.45) is 0 Å². The summed E-state index contributed by atoms with van der Waals surface area (Å²) in [6, 6.07) is 14.2. The number of benzene rings is 2. The fourth-order valence-electron chi connectivity index (χ4n) is 2.35. The fourth-order valence-corrected chi connectivity index (χ4v) is 2.48. The van der Waals surface area contributed by atoms with Crippen LogP contribution >= 0.6 is 11.6 Å². The van der Waals surface area contributed by atoms with Gasteiger partial charge in [0.1, 0.15) is 0 Å². The average molecular weight is 298 g/mol. The summed E-state index contributed by atoms with van der Waals surface area (Å²) in [6.45, 7) is 0. The van der Waals surface area contributed by atoms with Crippen molar-refractivity contribution in [3.8, 4) is 5.69 Å². The number of tetrazole rings is 1. The van der Waals surface area contributed by atoms with Crippen molar-refractivity contribution in [1.82, 2.24) is 24.6 Å². The van der Waals surface area contributed by atoms with E-state index in [0.717, 1.165) is 0 Å². The molecule has 6 nitrogen and oxygen atoms in total. The van der Waals surface area contributed by atoms with Gasteiger partial charge in [-0.1, -0.05) is 28.8 Å². The van der Waals surface area contributed by atoms with E-state index in [1.807, 2.05) is 18.2 Å². The molecule has 4 rings (SSSR count). The number of fused-ring (bicyclic) bond motifs is 3. The first-order chi connectivity index (χ1) is 10.3. The van der Waals surface area contributed by atoms with Crippen LogP contribution in [0.4, 0.5) is 0 Å². The van der Waals surface area contributed by atoms with Gasteiger partial charge in [0.15, 0.2) is 0 Å². The highest BCUT2D eigenvalue weighted by Gasteiger charge is 2.14. The molecule has 7 heteroatoms. The second-order valence-corrected chi connectivity index (χ2v) is 4.96. The molecule has 0 saturated heterocycles. The Bertz CT molecular complexity index is 1020. The van der Waals surface area contributed by atoms with E-state index in [9.17, 15) is 4.79 Å².